The lowest BCUT2D eigenvalue weighted by Crippen LogP contribution is -2.29. The number of hydrogen-bond donors (Lipinski definition) is 1. The molecule has 100 valence electrons. The van der Waals surface area contributed by atoms with Crippen molar-refractivity contribution in [2.75, 3.05) is 0 Å². The molecule has 0 unspecified atom stereocenters. The molecule has 19 heavy (non-hydrogen) atoms. The summed E-state index contributed by atoms with van der Waals surface area (Å²) in [6.45, 7) is 3.81. The maximum Gasteiger partial charge on any atom is 0.246 e. The molecular weight excluding hydrogens is 270 g/mol. The number of ether oxygens (including phenoxy) is 2. The highest BCUT2D eigenvalue weighted by molar-refractivity contribution is 6.32. The van der Waals surface area contributed by atoms with Crippen molar-refractivity contribution in [2.24, 2.45) is 5.73 Å². The molecule has 3 rings (SSSR count). The molecule has 0 amide bonds. The molecule has 1 aromatic carbocycles. The van der Waals surface area contributed by atoms with E-state index >= 15 is 0 Å². The third-order valence-electron chi connectivity index (χ3n) is 2.61. The van der Waals surface area contributed by atoms with Gasteiger partial charge in [-0.05, 0) is 12.1 Å². The molecule has 0 fully saturated rings. The lowest BCUT2D eigenvalue weighted by molar-refractivity contribution is -0.0431. The molecule has 0 spiro atoms. The van der Waals surface area contributed by atoms with Gasteiger partial charge >= 0.3 is 0 Å². The minimum Gasteiger partial charge on any atom is -0.449 e. The van der Waals surface area contributed by atoms with E-state index in [-0.39, 0.29) is 6.54 Å². The van der Waals surface area contributed by atoms with Gasteiger partial charge in [0.25, 0.3) is 0 Å². The van der Waals surface area contributed by atoms with Crippen molar-refractivity contribution in [3.8, 4) is 22.9 Å². The number of hydrogen-bond acceptors (Lipinski definition) is 6. The Morgan fingerprint density at radius 2 is 2.11 bits per heavy atom. The van der Waals surface area contributed by atoms with E-state index < -0.39 is 5.79 Å². The lowest BCUT2D eigenvalue weighted by Gasteiger charge is -2.16. The fraction of sp³-hybridized carbons (Fsp3) is 0.333. The zero-order chi connectivity index (χ0) is 13.6. The fourth-order valence-electron chi connectivity index (χ4n) is 1.86. The van der Waals surface area contributed by atoms with E-state index in [1.165, 1.54) is 0 Å². The van der Waals surface area contributed by atoms with E-state index in [1.807, 2.05) is 13.8 Å². The Labute approximate surface area is 114 Å². The number of benzene rings is 1. The molecule has 6 nitrogen and oxygen atoms in total. The second-order valence-electron chi connectivity index (χ2n) is 4.61. The quantitative estimate of drug-likeness (QED) is 0.910. The molecule has 7 heteroatoms. The Morgan fingerprint density at radius 3 is 2.79 bits per heavy atom. The number of nitrogens with two attached hydrogens (primary N) is 1. The third-order valence-corrected chi connectivity index (χ3v) is 2.89. The van der Waals surface area contributed by atoms with Gasteiger partial charge in [-0.1, -0.05) is 16.8 Å². The Bertz CT molecular complexity index is 639. The summed E-state index contributed by atoms with van der Waals surface area (Å²) in [6.07, 6.45) is 0. The summed E-state index contributed by atoms with van der Waals surface area (Å²) in [5, 5.41) is 4.28. The van der Waals surface area contributed by atoms with E-state index in [9.17, 15) is 0 Å². The second-order valence-corrected chi connectivity index (χ2v) is 5.01. The standard InChI is InChI=1S/C12H12ClN3O3/c1-12(2)17-8-4-6(3-7(13)10(8)18-12)11-15-9(5-14)19-16-11/h3-4H,5,14H2,1-2H3. The van der Waals surface area contributed by atoms with Gasteiger partial charge in [0.05, 0.1) is 11.6 Å². The van der Waals surface area contributed by atoms with Crippen molar-refractivity contribution in [3.63, 3.8) is 0 Å². The van der Waals surface area contributed by atoms with Crippen LogP contribution in [0.1, 0.15) is 19.7 Å². The van der Waals surface area contributed by atoms with Crippen LogP contribution in [0, 0.1) is 0 Å². The first kappa shape index (κ1) is 12.3. The highest BCUT2D eigenvalue weighted by Gasteiger charge is 2.34. The maximum atomic E-state index is 6.18. The van der Waals surface area contributed by atoms with Gasteiger partial charge in [0.2, 0.25) is 17.5 Å². The normalized spacial score (nSPS) is 15.8. The zero-order valence-corrected chi connectivity index (χ0v) is 11.2. The van der Waals surface area contributed by atoms with Gasteiger partial charge < -0.3 is 19.7 Å². The molecule has 0 aliphatic carbocycles. The van der Waals surface area contributed by atoms with E-state index in [1.54, 1.807) is 12.1 Å². The Kier molecular flexibility index (Phi) is 2.65. The molecule has 0 radical (unpaired) electrons. The maximum absolute atomic E-state index is 6.18. The Balaban J connectivity index is 2.04. The van der Waals surface area contributed by atoms with Crippen LogP contribution in [0.5, 0.6) is 11.5 Å². The molecule has 1 aliphatic heterocycles. The average Bonchev–Trinajstić information content (AvgIpc) is 2.91. The van der Waals surface area contributed by atoms with E-state index in [0.717, 1.165) is 0 Å². The summed E-state index contributed by atoms with van der Waals surface area (Å²) < 4.78 is 16.2. The first-order valence-electron chi connectivity index (χ1n) is 5.73. The van der Waals surface area contributed by atoms with Crippen molar-refractivity contribution in [2.45, 2.75) is 26.2 Å². The van der Waals surface area contributed by atoms with Crippen molar-refractivity contribution >= 4 is 11.6 Å². The second kappa shape index (κ2) is 4.11. The monoisotopic (exact) mass is 281 g/mol. The van der Waals surface area contributed by atoms with Gasteiger partial charge in [-0.2, -0.15) is 4.98 Å². The molecule has 2 N–H and O–H groups in total. The van der Waals surface area contributed by atoms with Gasteiger partial charge in [0.15, 0.2) is 11.5 Å². The molecule has 1 aliphatic rings. The molecule has 0 atom stereocenters. The molecular formula is C12H12ClN3O3. The molecule has 0 saturated heterocycles. The predicted molar refractivity (Wildman–Crippen MR) is 68.0 cm³/mol. The topological polar surface area (TPSA) is 83.4 Å². The van der Waals surface area contributed by atoms with Crippen molar-refractivity contribution in [1.82, 2.24) is 10.1 Å². The van der Waals surface area contributed by atoms with Gasteiger partial charge in [0, 0.05) is 19.4 Å². The Hall–Kier alpha value is -1.79. The molecule has 2 heterocycles. The van der Waals surface area contributed by atoms with Crippen LogP contribution in [0.2, 0.25) is 5.02 Å². The van der Waals surface area contributed by atoms with E-state index in [4.69, 9.17) is 31.3 Å². The smallest absolute Gasteiger partial charge is 0.246 e. The summed E-state index contributed by atoms with van der Waals surface area (Å²) in [7, 11) is 0. The number of halogens is 1. The highest BCUT2D eigenvalue weighted by atomic mass is 35.5. The van der Waals surface area contributed by atoms with Crippen LogP contribution in [0.3, 0.4) is 0 Å². The van der Waals surface area contributed by atoms with Crippen molar-refractivity contribution in [1.29, 1.82) is 0 Å². The number of nitrogens with zero attached hydrogens (tertiary/aromatic N) is 2. The Morgan fingerprint density at radius 1 is 1.32 bits per heavy atom. The largest absolute Gasteiger partial charge is 0.449 e. The van der Waals surface area contributed by atoms with Gasteiger partial charge in [-0.3, -0.25) is 0 Å². The van der Waals surface area contributed by atoms with Crippen LogP contribution in [0.15, 0.2) is 16.7 Å². The van der Waals surface area contributed by atoms with Gasteiger partial charge in [-0.25, -0.2) is 0 Å². The van der Waals surface area contributed by atoms with Crippen LogP contribution in [-0.2, 0) is 6.54 Å². The molecule has 0 saturated carbocycles. The predicted octanol–water partition coefficient (Wildman–Crippen LogP) is 2.36. The van der Waals surface area contributed by atoms with Crippen LogP contribution in [-0.4, -0.2) is 15.9 Å². The first-order valence-corrected chi connectivity index (χ1v) is 6.11. The summed E-state index contributed by atoms with van der Waals surface area (Å²) in [4.78, 5) is 4.14. The highest BCUT2D eigenvalue weighted by Crippen LogP contribution is 2.46. The number of aromatic nitrogens is 2. The molecule has 0 bridgehead atoms. The fourth-order valence-corrected chi connectivity index (χ4v) is 2.11. The first-order chi connectivity index (χ1) is 8.98. The van der Waals surface area contributed by atoms with Crippen molar-refractivity contribution in [3.05, 3.63) is 23.0 Å². The molecule has 2 aromatic rings. The van der Waals surface area contributed by atoms with Gasteiger partial charge in [-0.15, -0.1) is 0 Å². The van der Waals surface area contributed by atoms with E-state index in [2.05, 4.69) is 10.1 Å². The molecule has 1 aromatic heterocycles. The van der Waals surface area contributed by atoms with E-state index in [0.29, 0.717) is 33.8 Å². The lowest BCUT2D eigenvalue weighted by atomic mass is 10.2. The minimum atomic E-state index is -0.732. The zero-order valence-electron chi connectivity index (χ0n) is 10.4. The van der Waals surface area contributed by atoms with Crippen molar-refractivity contribution < 1.29 is 14.0 Å². The van der Waals surface area contributed by atoms with Crippen LogP contribution >= 0.6 is 11.6 Å². The van der Waals surface area contributed by atoms with Crippen LogP contribution < -0.4 is 15.2 Å². The van der Waals surface area contributed by atoms with Gasteiger partial charge in [0.1, 0.15) is 0 Å². The summed E-state index contributed by atoms with van der Waals surface area (Å²) in [5.41, 5.74) is 6.12. The minimum absolute atomic E-state index is 0.193. The SMILES string of the molecule is CC1(C)Oc2cc(-c3noc(CN)n3)cc(Cl)c2O1. The summed E-state index contributed by atoms with van der Waals surface area (Å²) >= 11 is 6.18. The number of rotatable bonds is 2. The number of fused-ring (bicyclic) bond motifs is 1. The third kappa shape index (κ3) is 2.13. The van der Waals surface area contributed by atoms with Crippen LogP contribution in [0.4, 0.5) is 0 Å². The summed E-state index contributed by atoms with van der Waals surface area (Å²) in [6, 6.07) is 3.47. The average molecular weight is 282 g/mol. The summed E-state index contributed by atoms with van der Waals surface area (Å²) in [5.74, 6) is 1.14. The van der Waals surface area contributed by atoms with Crippen LogP contribution in [0.25, 0.3) is 11.4 Å².